The van der Waals surface area contributed by atoms with Crippen molar-refractivity contribution in [3.8, 4) is 5.75 Å². The predicted molar refractivity (Wildman–Crippen MR) is 57.2 cm³/mol. The highest BCUT2D eigenvalue weighted by atomic mass is 16.6. The van der Waals surface area contributed by atoms with Gasteiger partial charge >= 0.3 is 12.1 Å². The summed E-state index contributed by atoms with van der Waals surface area (Å²) >= 11 is 0. The zero-order chi connectivity index (χ0) is 12.3. The number of carboxylic acid groups (broad SMARTS) is 1. The Kier molecular flexibility index (Phi) is 3.13. The Hall–Kier alpha value is -2.24. The first kappa shape index (κ1) is 11.3. The van der Waals surface area contributed by atoms with Gasteiger partial charge in [0.2, 0.25) is 0 Å². The number of carbonyl (C=O) groups is 2. The number of carboxylic acids is 1. The first-order valence-corrected chi connectivity index (χ1v) is 5.06. The zero-order valence-corrected chi connectivity index (χ0v) is 8.88. The molecule has 90 valence electrons. The van der Waals surface area contributed by atoms with Crippen molar-refractivity contribution in [3.05, 3.63) is 29.8 Å². The molecule has 0 radical (unpaired) electrons. The number of rotatable bonds is 4. The number of aromatic carboxylic acids is 1. The van der Waals surface area contributed by atoms with Gasteiger partial charge in [-0.15, -0.1) is 0 Å². The molecule has 0 spiro atoms. The van der Waals surface area contributed by atoms with Gasteiger partial charge in [-0.1, -0.05) is 12.1 Å². The minimum absolute atomic E-state index is 0.0878. The lowest BCUT2D eigenvalue weighted by molar-refractivity contribution is 0.0684. The normalized spacial score (nSPS) is 18.4. The Labute approximate surface area is 97.1 Å². The number of para-hydroxylation sites is 1. The highest BCUT2D eigenvalue weighted by Crippen LogP contribution is 2.18. The van der Waals surface area contributed by atoms with E-state index in [4.69, 9.17) is 14.6 Å². The molecular weight excluding hydrogens is 226 g/mol. The smallest absolute Gasteiger partial charge is 0.407 e. The molecule has 2 rings (SSSR count). The first-order valence-electron chi connectivity index (χ1n) is 5.06. The van der Waals surface area contributed by atoms with Crippen LogP contribution in [-0.4, -0.2) is 36.4 Å². The van der Waals surface area contributed by atoms with E-state index in [9.17, 15) is 9.59 Å². The van der Waals surface area contributed by atoms with Crippen molar-refractivity contribution in [2.45, 2.75) is 6.10 Å². The largest absolute Gasteiger partial charge is 0.489 e. The summed E-state index contributed by atoms with van der Waals surface area (Å²) in [5.74, 6) is -0.787. The number of cyclic esters (lactones) is 1. The summed E-state index contributed by atoms with van der Waals surface area (Å²) in [6, 6.07) is 6.32. The molecule has 1 saturated heterocycles. The highest BCUT2D eigenvalue weighted by molar-refractivity contribution is 5.90. The van der Waals surface area contributed by atoms with Gasteiger partial charge in [0.1, 0.15) is 17.9 Å². The van der Waals surface area contributed by atoms with Crippen LogP contribution in [0.25, 0.3) is 0 Å². The molecule has 2 N–H and O–H groups in total. The predicted octanol–water partition coefficient (Wildman–Crippen LogP) is 0.872. The van der Waals surface area contributed by atoms with Crippen molar-refractivity contribution in [1.29, 1.82) is 0 Å². The van der Waals surface area contributed by atoms with Gasteiger partial charge in [-0.25, -0.2) is 9.59 Å². The lowest BCUT2D eigenvalue weighted by Gasteiger charge is -2.11. The molecule has 1 aromatic rings. The van der Waals surface area contributed by atoms with Crippen LogP contribution in [-0.2, 0) is 4.74 Å². The lowest BCUT2D eigenvalue weighted by atomic mass is 10.2. The Morgan fingerprint density at radius 1 is 1.53 bits per heavy atom. The summed E-state index contributed by atoms with van der Waals surface area (Å²) in [6.45, 7) is 0.497. The van der Waals surface area contributed by atoms with E-state index in [1.165, 1.54) is 6.07 Å². The maximum absolute atomic E-state index is 10.9. The van der Waals surface area contributed by atoms with Gasteiger partial charge in [-0.2, -0.15) is 0 Å². The second kappa shape index (κ2) is 4.73. The Balaban J connectivity index is 1.99. The maximum atomic E-state index is 10.9. The summed E-state index contributed by atoms with van der Waals surface area (Å²) in [5, 5.41) is 11.4. The molecule has 0 aliphatic carbocycles. The molecule has 1 aliphatic heterocycles. The number of hydrogen-bond donors (Lipinski definition) is 2. The second-order valence-electron chi connectivity index (χ2n) is 3.52. The quantitative estimate of drug-likeness (QED) is 0.811. The lowest BCUT2D eigenvalue weighted by Crippen LogP contribution is -2.22. The van der Waals surface area contributed by atoms with Gasteiger partial charge in [0, 0.05) is 0 Å². The molecule has 1 unspecified atom stereocenters. The van der Waals surface area contributed by atoms with Gasteiger partial charge in [0.25, 0.3) is 0 Å². The van der Waals surface area contributed by atoms with Gasteiger partial charge in [0.05, 0.1) is 6.54 Å². The molecule has 1 aromatic carbocycles. The van der Waals surface area contributed by atoms with Crippen LogP contribution in [0.3, 0.4) is 0 Å². The maximum Gasteiger partial charge on any atom is 0.407 e. The number of benzene rings is 1. The van der Waals surface area contributed by atoms with Gasteiger partial charge in [0.15, 0.2) is 6.10 Å². The summed E-state index contributed by atoms with van der Waals surface area (Å²) in [6.07, 6.45) is -0.866. The number of amides is 1. The van der Waals surface area contributed by atoms with Crippen LogP contribution in [0.2, 0.25) is 0 Å². The Morgan fingerprint density at radius 2 is 2.29 bits per heavy atom. The molecule has 0 bridgehead atoms. The third-order valence-corrected chi connectivity index (χ3v) is 2.29. The monoisotopic (exact) mass is 237 g/mol. The van der Waals surface area contributed by atoms with E-state index in [1.54, 1.807) is 18.2 Å². The van der Waals surface area contributed by atoms with E-state index in [-0.39, 0.29) is 24.0 Å². The molecule has 1 aliphatic rings. The highest BCUT2D eigenvalue weighted by Gasteiger charge is 2.23. The topological polar surface area (TPSA) is 84.9 Å². The molecule has 6 heteroatoms. The van der Waals surface area contributed by atoms with Crippen LogP contribution >= 0.6 is 0 Å². The van der Waals surface area contributed by atoms with Crippen molar-refractivity contribution in [2.24, 2.45) is 0 Å². The van der Waals surface area contributed by atoms with E-state index >= 15 is 0 Å². The van der Waals surface area contributed by atoms with Crippen molar-refractivity contribution in [2.75, 3.05) is 13.2 Å². The molecule has 6 nitrogen and oxygen atoms in total. The zero-order valence-electron chi connectivity index (χ0n) is 8.88. The van der Waals surface area contributed by atoms with Gasteiger partial charge < -0.3 is 19.9 Å². The van der Waals surface area contributed by atoms with E-state index in [1.807, 2.05) is 0 Å². The third-order valence-electron chi connectivity index (χ3n) is 2.29. The fourth-order valence-electron chi connectivity index (χ4n) is 1.48. The third kappa shape index (κ3) is 2.66. The fourth-order valence-corrected chi connectivity index (χ4v) is 1.48. The molecule has 0 aromatic heterocycles. The second-order valence-corrected chi connectivity index (χ2v) is 3.52. The molecule has 1 fully saturated rings. The van der Waals surface area contributed by atoms with Crippen molar-refractivity contribution < 1.29 is 24.2 Å². The average Bonchev–Trinajstić information content (AvgIpc) is 2.73. The molecular formula is C11H11NO5. The van der Waals surface area contributed by atoms with Crippen LogP contribution in [0.4, 0.5) is 4.79 Å². The average molecular weight is 237 g/mol. The molecule has 1 atom stereocenters. The summed E-state index contributed by atoms with van der Waals surface area (Å²) in [7, 11) is 0. The standard InChI is InChI=1S/C11H11NO5/c13-10(14)8-3-1-2-4-9(8)16-6-7-5-12-11(15)17-7/h1-4,7H,5-6H2,(H,12,15)(H,13,14). The van der Waals surface area contributed by atoms with Crippen LogP contribution in [0, 0.1) is 0 Å². The van der Waals surface area contributed by atoms with Crippen molar-refractivity contribution in [3.63, 3.8) is 0 Å². The van der Waals surface area contributed by atoms with Gasteiger partial charge in [-0.3, -0.25) is 0 Å². The Bertz CT molecular complexity index is 445. The molecule has 1 amide bonds. The molecule has 0 saturated carbocycles. The summed E-state index contributed by atoms with van der Waals surface area (Å²) in [5.41, 5.74) is 0.0878. The van der Waals surface area contributed by atoms with E-state index in [0.29, 0.717) is 6.54 Å². The molecule has 17 heavy (non-hydrogen) atoms. The Morgan fingerprint density at radius 3 is 2.94 bits per heavy atom. The van der Waals surface area contributed by atoms with Crippen LogP contribution < -0.4 is 10.1 Å². The minimum atomic E-state index is -1.05. The van der Waals surface area contributed by atoms with Crippen LogP contribution in [0.5, 0.6) is 5.75 Å². The van der Waals surface area contributed by atoms with E-state index in [0.717, 1.165) is 0 Å². The van der Waals surface area contributed by atoms with Crippen LogP contribution in [0.1, 0.15) is 10.4 Å². The number of nitrogens with one attached hydrogen (secondary N) is 1. The number of carbonyl (C=O) groups excluding carboxylic acids is 1. The SMILES string of the molecule is O=C1NCC(COc2ccccc2C(=O)O)O1. The van der Waals surface area contributed by atoms with E-state index in [2.05, 4.69) is 5.32 Å². The summed E-state index contributed by atoms with van der Waals surface area (Å²) < 4.78 is 10.2. The number of alkyl carbamates (subject to hydrolysis) is 1. The summed E-state index contributed by atoms with van der Waals surface area (Å²) in [4.78, 5) is 21.6. The first-order chi connectivity index (χ1) is 8.16. The van der Waals surface area contributed by atoms with Gasteiger partial charge in [-0.05, 0) is 12.1 Å². The molecule has 1 heterocycles. The minimum Gasteiger partial charge on any atom is -0.489 e. The number of ether oxygens (including phenoxy) is 2. The van der Waals surface area contributed by atoms with Crippen LogP contribution in [0.15, 0.2) is 24.3 Å². The van der Waals surface area contributed by atoms with Crippen molar-refractivity contribution >= 4 is 12.1 Å². The fraction of sp³-hybridized carbons (Fsp3) is 0.273. The number of hydrogen-bond acceptors (Lipinski definition) is 4. The van der Waals surface area contributed by atoms with Crippen molar-refractivity contribution in [1.82, 2.24) is 5.32 Å². The van der Waals surface area contributed by atoms with E-state index < -0.39 is 12.1 Å².